The van der Waals surface area contributed by atoms with E-state index in [9.17, 15) is 10.1 Å². The lowest BCUT2D eigenvalue weighted by atomic mass is 9.77. The van der Waals surface area contributed by atoms with Crippen LogP contribution in [-0.4, -0.2) is 9.91 Å². The molecule has 2 heterocycles. The van der Waals surface area contributed by atoms with E-state index in [-0.39, 0.29) is 28.5 Å². The lowest BCUT2D eigenvalue weighted by Gasteiger charge is -2.36. The number of hydrogen-bond donors (Lipinski definition) is 1. The number of rotatable bonds is 2. The maximum absolute atomic E-state index is 11.4. The first kappa shape index (κ1) is 14.2. The molecule has 0 amide bonds. The molecule has 0 fully saturated rings. The van der Waals surface area contributed by atoms with E-state index < -0.39 is 0 Å². The Labute approximate surface area is 138 Å². The molecule has 3 unspecified atom stereocenters. The van der Waals surface area contributed by atoms with Gasteiger partial charge in [0.05, 0.1) is 32.9 Å². The van der Waals surface area contributed by atoms with Crippen LogP contribution in [0.3, 0.4) is 0 Å². The SMILES string of the molecule is O=[N+]([O-])c1ccc(Cl)c2c1C1C=CCC1C(c1ccccn1)N2. The summed E-state index contributed by atoms with van der Waals surface area (Å²) in [5.41, 5.74) is 2.40. The van der Waals surface area contributed by atoms with Crippen molar-refractivity contribution in [2.24, 2.45) is 5.92 Å². The molecule has 2 aromatic rings. The van der Waals surface area contributed by atoms with E-state index in [0.717, 1.165) is 12.1 Å². The lowest BCUT2D eigenvalue weighted by molar-refractivity contribution is -0.385. The molecular weight excluding hydrogens is 314 g/mol. The Morgan fingerprint density at radius 1 is 1.30 bits per heavy atom. The van der Waals surface area contributed by atoms with Crippen LogP contribution in [0.2, 0.25) is 5.02 Å². The zero-order chi connectivity index (χ0) is 16.0. The van der Waals surface area contributed by atoms with Crippen LogP contribution in [0.4, 0.5) is 11.4 Å². The van der Waals surface area contributed by atoms with Crippen LogP contribution in [0.25, 0.3) is 0 Å². The molecule has 1 aromatic carbocycles. The highest BCUT2D eigenvalue weighted by molar-refractivity contribution is 6.33. The number of nitrogens with one attached hydrogen (secondary N) is 1. The number of nitrogens with zero attached hydrogens (tertiary/aromatic N) is 2. The Morgan fingerprint density at radius 3 is 2.91 bits per heavy atom. The number of allylic oxidation sites excluding steroid dienone is 2. The fraction of sp³-hybridized carbons (Fsp3) is 0.235. The predicted molar refractivity (Wildman–Crippen MR) is 88.7 cm³/mol. The van der Waals surface area contributed by atoms with Crippen molar-refractivity contribution in [1.29, 1.82) is 0 Å². The summed E-state index contributed by atoms with van der Waals surface area (Å²) in [4.78, 5) is 15.5. The largest absolute Gasteiger partial charge is 0.375 e. The number of nitro groups is 1. The fourth-order valence-electron chi connectivity index (χ4n) is 3.67. The van der Waals surface area contributed by atoms with Gasteiger partial charge in [-0.3, -0.25) is 15.1 Å². The molecule has 1 N–H and O–H groups in total. The molecule has 1 aliphatic heterocycles. The van der Waals surface area contributed by atoms with Crippen LogP contribution in [0.15, 0.2) is 48.7 Å². The minimum Gasteiger partial charge on any atom is -0.375 e. The van der Waals surface area contributed by atoms with Crippen molar-refractivity contribution in [2.45, 2.75) is 18.4 Å². The quantitative estimate of drug-likeness (QED) is 0.502. The van der Waals surface area contributed by atoms with Crippen molar-refractivity contribution >= 4 is 23.0 Å². The fourth-order valence-corrected chi connectivity index (χ4v) is 3.89. The van der Waals surface area contributed by atoms with Crippen LogP contribution < -0.4 is 5.32 Å². The van der Waals surface area contributed by atoms with E-state index in [2.05, 4.69) is 22.5 Å². The number of pyridine rings is 1. The number of nitro benzene ring substituents is 1. The molecule has 116 valence electrons. The molecular formula is C17H14ClN3O2. The Balaban J connectivity index is 1.89. The number of benzene rings is 1. The summed E-state index contributed by atoms with van der Waals surface area (Å²) >= 11 is 6.33. The van der Waals surface area contributed by atoms with Gasteiger partial charge in [0.25, 0.3) is 5.69 Å². The van der Waals surface area contributed by atoms with Gasteiger partial charge in [-0.1, -0.05) is 29.8 Å². The maximum atomic E-state index is 11.4. The van der Waals surface area contributed by atoms with Gasteiger partial charge in [0.1, 0.15) is 0 Å². The number of hydrogen-bond acceptors (Lipinski definition) is 4. The van der Waals surface area contributed by atoms with Gasteiger partial charge < -0.3 is 5.32 Å². The Hall–Kier alpha value is -2.40. The molecule has 0 saturated heterocycles. The van der Waals surface area contributed by atoms with Gasteiger partial charge in [0, 0.05) is 18.2 Å². The third kappa shape index (κ3) is 2.19. The Morgan fingerprint density at radius 2 is 2.17 bits per heavy atom. The Bertz CT molecular complexity index is 807. The second-order valence-electron chi connectivity index (χ2n) is 5.84. The predicted octanol–water partition coefficient (Wildman–Crippen LogP) is 4.47. The standard InChI is InChI=1S/C17H14ClN3O2/c18-12-7-8-14(21(22)23)15-10-4-3-5-11(10)16(20-17(12)15)13-6-1-2-9-19-13/h1-4,6-11,16,20H,5H2. The van der Waals surface area contributed by atoms with E-state index in [4.69, 9.17) is 11.6 Å². The summed E-state index contributed by atoms with van der Waals surface area (Å²) in [5.74, 6) is 0.187. The zero-order valence-corrected chi connectivity index (χ0v) is 12.9. The highest BCUT2D eigenvalue weighted by atomic mass is 35.5. The molecule has 2 aliphatic rings. The summed E-state index contributed by atoms with van der Waals surface area (Å²) in [6.45, 7) is 0. The topological polar surface area (TPSA) is 68.1 Å². The molecule has 1 aromatic heterocycles. The van der Waals surface area contributed by atoms with Gasteiger partial charge in [-0.25, -0.2) is 0 Å². The van der Waals surface area contributed by atoms with Crippen molar-refractivity contribution in [3.63, 3.8) is 0 Å². The number of halogens is 1. The second-order valence-corrected chi connectivity index (χ2v) is 6.25. The number of aromatic nitrogens is 1. The molecule has 0 spiro atoms. The summed E-state index contributed by atoms with van der Waals surface area (Å²) in [6, 6.07) is 8.87. The lowest BCUT2D eigenvalue weighted by Crippen LogP contribution is -2.30. The molecule has 0 bridgehead atoms. The molecule has 1 aliphatic carbocycles. The van der Waals surface area contributed by atoms with Crippen molar-refractivity contribution in [2.75, 3.05) is 5.32 Å². The Kier molecular flexibility index (Phi) is 3.31. The van der Waals surface area contributed by atoms with E-state index in [1.807, 2.05) is 18.2 Å². The molecule has 0 saturated carbocycles. The highest BCUT2D eigenvalue weighted by Gasteiger charge is 2.42. The van der Waals surface area contributed by atoms with E-state index >= 15 is 0 Å². The van der Waals surface area contributed by atoms with Crippen LogP contribution in [0, 0.1) is 16.0 Å². The zero-order valence-electron chi connectivity index (χ0n) is 12.1. The van der Waals surface area contributed by atoms with Gasteiger partial charge >= 0.3 is 0 Å². The maximum Gasteiger partial charge on any atom is 0.275 e. The summed E-state index contributed by atoms with van der Waals surface area (Å²) in [6.07, 6.45) is 6.78. The molecule has 6 heteroatoms. The van der Waals surface area contributed by atoms with E-state index in [0.29, 0.717) is 16.3 Å². The summed E-state index contributed by atoms with van der Waals surface area (Å²) in [5, 5.41) is 15.3. The average molecular weight is 328 g/mol. The van der Waals surface area contributed by atoms with Gasteiger partial charge in [0.15, 0.2) is 0 Å². The van der Waals surface area contributed by atoms with Crippen molar-refractivity contribution in [3.05, 3.63) is 75.1 Å². The summed E-state index contributed by atoms with van der Waals surface area (Å²) in [7, 11) is 0. The van der Waals surface area contributed by atoms with E-state index in [1.54, 1.807) is 12.3 Å². The van der Waals surface area contributed by atoms with Gasteiger partial charge in [0.2, 0.25) is 0 Å². The van der Waals surface area contributed by atoms with Crippen LogP contribution in [0.5, 0.6) is 0 Å². The number of anilines is 1. The average Bonchev–Trinajstić information content (AvgIpc) is 3.05. The van der Waals surface area contributed by atoms with Gasteiger partial charge in [-0.05, 0) is 30.5 Å². The van der Waals surface area contributed by atoms with Gasteiger partial charge in [-0.15, -0.1) is 0 Å². The van der Waals surface area contributed by atoms with Crippen LogP contribution >= 0.6 is 11.6 Å². The smallest absolute Gasteiger partial charge is 0.275 e. The third-order valence-electron chi connectivity index (χ3n) is 4.65. The van der Waals surface area contributed by atoms with Crippen molar-refractivity contribution in [1.82, 2.24) is 4.98 Å². The molecule has 3 atom stereocenters. The second kappa shape index (κ2) is 5.35. The summed E-state index contributed by atoms with van der Waals surface area (Å²) < 4.78 is 0. The first-order valence-electron chi connectivity index (χ1n) is 7.47. The minimum atomic E-state index is -0.332. The van der Waals surface area contributed by atoms with Crippen LogP contribution in [0.1, 0.15) is 29.6 Å². The third-order valence-corrected chi connectivity index (χ3v) is 4.96. The number of fused-ring (bicyclic) bond motifs is 3. The first-order chi connectivity index (χ1) is 11.2. The first-order valence-corrected chi connectivity index (χ1v) is 7.85. The molecule has 23 heavy (non-hydrogen) atoms. The normalized spacial score (nSPS) is 24.7. The van der Waals surface area contributed by atoms with Crippen molar-refractivity contribution in [3.8, 4) is 0 Å². The molecule has 4 rings (SSSR count). The monoisotopic (exact) mass is 327 g/mol. The van der Waals surface area contributed by atoms with Crippen molar-refractivity contribution < 1.29 is 4.92 Å². The van der Waals surface area contributed by atoms with Gasteiger partial charge in [-0.2, -0.15) is 0 Å². The highest BCUT2D eigenvalue weighted by Crippen LogP contribution is 2.53. The van der Waals surface area contributed by atoms with E-state index in [1.165, 1.54) is 6.07 Å². The van der Waals surface area contributed by atoms with Crippen LogP contribution in [-0.2, 0) is 0 Å². The molecule has 0 radical (unpaired) electrons. The molecule has 5 nitrogen and oxygen atoms in total. The minimum absolute atomic E-state index is 0.0109.